The summed E-state index contributed by atoms with van der Waals surface area (Å²) in [5.74, 6) is 0.947. The average molecular weight is 378 g/mol. The molecule has 0 aliphatic carbocycles. The van der Waals surface area contributed by atoms with Crippen molar-refractivity contribution in [3.63, 3.8) is 0 Å². The predicted molar refractivity (Wildman–Crippen MR) is 90.3 cm³/mol. The Labute approximate surface area is 140 Å². The van der Waals surface area contributed by atoms with E-state index in [0.29, 0.717) is 12.5 Å². The number of likely N-dealkylation sites (tertiary alicyclic amines) is 1. The number of rotatable bonds is 4. The van der Waals surface area contributed by atoms with Gasteiger partial charge in [-0.2, -0.15) is 0 Å². The molecule has 1 fully saturated rings. The Morgan fingerprint density at radius 3 is 2.67 bits per heavy atom. The van der Waals surface area contributed by atoms with Crippen molar-refractivity contribution in [1.29, 1.82) is 0 Å². The lowest BCUT2D eigenvalue weighted by atomic mass is 10.0. The monoisotopic (exact) mass is 376 g/mol. The smallest absolute Gasteiger partial charge is 0.227 e. The van der Waals surface area contributed by atoms with Gasteiger partial charge in [0.1, 0.15) is 5.75 Å². The maximum Gasteiger partial charge on any atom is 0.227 e. The Bertz CT molecular complexity index is 477. The predicted octanol–water partition coefficient (Wildman–Crippen LogP) is 2.63. The number of hydrogen-bond donors (Lipinski definition) is 1. The Hall–Kier alpha value is -0.780. The van der Waals surface area contributed by atoms with Crippen LogP contribution in [0.1, 0.15) is 18.4 Å². The van der Waals surface area contributed by atoms with Crippen LogP contribution >= 0.6 is 28.3 Å². The van der Waals surface area contributed by atoms with E-state index in [1.165, 1.54) is 0 Å². The normalized spacial score (nSPS) is 15.5. The van der Waals surface area contributed by atoms with Crippen LogP contribution < -0.4 is 10.1 Å². The highest BCUT2D eigenvalue weighted by Gasteiger charge is 2.22. The fraction of sp³-hybridized carbons (Fsp3) is 0.533. The van der Waals surface area contributed by atoms with Crippen molar-refractivity contribution in [3.05, 3.63) is 28.2 Å². The fourth-order valence-corrected chi connectivity index (χ4v) is 2.99. The molecular weight excluding hydrogens is 356 g/mol. The van der Waals surface area contributed by atoms with E-state index >= 15 is 0 Å². The highest BCUT2D eigenvalue weighted by molar-refractivity contribution is 9.10. The third-order valence-electron chi connectivity index (χ3n) is 3.84. The summed E-state index contributed by atoms with van der Waals surface area (Å²) in [6.07, 6.45) is 2.45. The fourth-order valence-electron chi connectivity index (χ4n) is 2.58. The number of ether oxygens (including phenoxy) is 1. The molecule has 0 saturated carbocycles. The van der Waals surface area contributed by atoms with Crippen LogP contribution in [0, 0.1) is 0 Å². The molecule has 1 saturated heterocycles. The van der Waals surface area contributed by atoms with E-state index < -0.39 is 0 Å². The molecule has 1 aliphatic rings. The second-order valence-electron chi connectivity index (χ2n) is 5.08. The maximum atomic E-state index is 12.4. The van der Waals surface area contributed by atoms with Gasteiger partial charge in [0.15, 0.2) is 0 Å². The van der Waals surface area contributed by atoms with E-state index in [1.807, 2.05) is 30.1 Å². The number of methoxy groups -OCH3 is 1. The summed E-state index contributed by atoms with van der Waals surface area (Å²) in [6, 6.07) is 6.31. The van der Waals surface area contributed by atoms with Gasteiger partial charge in [0.2, 0.25) is 5.91 Å². The second kappa shape index (κ2) is 8.61. The van der Waals surface area contributed by atoms with Crippen LogP contribution in [0.2, 0.25) is 0 Å². The Morgan fingerprint density at radius 2 is 2.10 bits per heavy atom. The van der Waals surface area contributed by atoms with Crippen molar-refractivity contribution in [3.8, 4) is 5.75 Å². The molecule has 2 rings (SSSR count). The number of amides is 1. The molecule has 0 bridgehead atoms. The minimum Gasteiger partial charge on any atom is -0.496 e. The topological polar surface area (TPSA) is 41.6 Å². The molecule has 21 heavy (non-hydrogen) atoms. The highest BCUT2D eigenvalue weighted by atomic mass is 79.9. The average Bonchev–Trinajstić information content (AvgIpc) is 2.47. The van der Waals surface area contributed by atoms with Gasteiger partial charge in [0.25, 0.3) is 0 Å². The summed E-state index contributed by atoms with van der Waals surface area (Å²) < 4.78 is 6.29. The van der Waals surface area contributed by atoms with Gasteiger partial charge in [-0.3, -0.25) is 4.79 Å². The van der Waals surface area contributed by atoms with Crippen molar-refractivity contribution < 1.29 is 9.53 Å². The van der Waals surface area contributed by atoms with E-state index in [4.69, 9.17) is 4.74 Å². The van der Waals surface area contributed by atoms with E-state index in [9.17, 15) is 4.79 Å². The minimum atomic E-state index is 0. The molecule has 0 atom stereocenters. The van der Waals surface area contributed by atoms with E-state index in [0.717, 1.165) is 41.7 Å². The van der Waals surface area contributed by atoms with Crippen molar-refractivity contribution in [2.24, 2.45) is 0 Å². The van der Waals surface area contributed by atoms with Gasteiger partial charge < -0.3 is 15.0 Å². The standard InChI is InChI=1S/C15H21BrN2O2.ClH/c1-17-13-5-7-18(8-6-13)15(19)10-11-9-12(16)3-4-14(11)20-2;/h3-4,9,13,17H,5-8,10H2,1-2H3;1H. The molecule has 118 valence electrons. The highest BCUT2D eigenvalue weighted by Crippen LogP contribution is 2.24. The first-order valence-electron chi connectivity index (χ1n) is 6.91. The van der Waals surface area contributed by atoms with Crippen LogP contribution in [-0.4, -0.2) is 44.1 Å². The van der Waals surface area contributed by atoms with Gasteiger partial charge in [0.05, 0.1) is 13.5 Å². The number of carbonyl (C=O) groups is 1. The van der Waals surface area contributed by atoms with Crippen molar-refractivity contribution in [2.75, 3.05) is 27.2 Å². The molecule has 0 radical (unpaired) electrons. The second-order valence-corrected chi connectivity index (χ2v) is 5.99. The molecule has 1 amide bonds. The van der Waals surface area contributed by atoms with Crippen LogP contribution in [0.15, 0.2) is 22.7 Å². The van der Waals surface area contributed by atoms with Gasteiger partial charge in [-0.05, 0) is 38.1 Å². The first-order valence-corrected chi connectivity index (χ1v) is 7.70. The van der Waals surface area contributed by atoms with Crippen LogP contribution in [0.25, 0.3) is 0 Å². The van der Waals surface area contributed by atoms with Crippen LogP contribution in [0.5, 0.6) is 5.75 Å². The molecule has 0 aromatic heterocycles. The number of nitrogens with zero attached hydrogens (tertiary/aromatic N) is 1. The molecule has 0 unspecified atom stereocenters. The molecule has 1 aromatic rings. The summed E-state index contributed by atoms with van der Waals surface area (Å²) in [7, 11) is 3.62. The summed E-state index contributed by atoms with van der Waals surface area (Å²) in [6.45, 7) is 1.67. The maximum absolute atomic E-state index is 12.4. The van der Waals surface area contributed by atoms with Gasteiger partial charge in [0, 0.05) is 29.2 Å². The van der Waals surface area contributed by atoms with Crippen molar-refractivity contribution in [1.82, 2.24) is 10.2 Å². The molecule has 1 aliphatic heterocycles. The summed E-state index contributed by atoms with van der Waals surface area (Å²) in [4.78, 5) is 14.3. The van der Waals surface area contributed by atoms with Gasteiger partial charge in [-0.15, -0.1) is 12.4 Å². The van der Waals surface area contributed by atoms with Crippen LogP contribution in [0.4, 0.5) is 0 Å². The zero-order chi connectivity index (χ0) is 14.5. The number of benzene rings is 1. The summed E-state index contributed by atoms with van der Waals surface area (Å²) >= 11 is 3.44. The summed E-state index contributed by atoms with van der Waals surface area (Å²) in [5, 5.41) is 3.27. The number of halogens is 2. The molecule has 1 N–H and O–H groups in total. The SMILES string of the molecule is CNC1CCN(C(=O)Cc2cc(Br)ccc2OC)CC1.Cl. The van der Waals surface area contributed by atoms with E-state index in [-0.39, 0.29) is 18.3 Å². The quantitative estimate of drug-likeness (QED) is 0.877. The Kier molecular flexibility index (Phi) is 7.49. The lowest BCUT2D eigenvalue weighted by Crippen LogP contribution is -2.44. The lowest BCUT2D eigenvalue weighted by Gasteiger charge is -2.32. The van der Waals surface area contributed by atoms with E-state index in [1.54, 1.807) is 7.11 Å². The van der Waals surface area contributed by atoms with Gasteiger partial charge >= 0.3 is 0 Å². The molecule has 0 spiro atoms. The first-order chi connectivity index (χ1) is 9.63. The zero-order valence-corrected chi connectivity index (χ0v) is 14.8. The molecule has 4 nitrogen and oxygen atoms in total. The lowest BCUT2D eigenvalue weighted by molar-refractivity contribution is -0.131. The van der Waals surface area contributed by atoms with Crippen LogP contribution in [-0.2, 0) is 11.2 Å². The van der Waals surface area contributed by atoms with Gasteiger partial charge in [-0.25, -0.2) is 0 Å². The van der Waals surface area contributed by atoms with Crippen LogP contribution in [0.3, 0.4) is 0 Å². The summed E-state index contributed by atoms with van der Waals surface area (Å²) in [5.41, 5.74) is 0.933. The molecule has 1 aromatic carbocycles. The Morgan fingerprint density at radius 1 is 1.43 bits per heavy atom. The molecule has 1 heterocycles. The third-order valence-corrected chi connectivity index (χ3v) is 4.33. The minimum absolute atomic E-state index is 0. The van der Waals surface area contributed by atoms with Gasteiger partial charge in [-0.1, -0.05) is 15.9 Å². The first kappa shape index (κ1) is 18.3. The number of nitrogens with one attached hydrogen (secondary N) is 1. The number of carbonyl (C=O) groups excluding carboxylic acids is 1. The Balaban J connectivity index is 0.00000220. The number of hydrogen-bond acceptors (Lipinski definition) is 3. The largest absolute Gasteiger partial charge is 0.496 e. The van der Waals surface area contributed by atoms with E-state index in [2.05, 4.69) is 21.2 Å². The molecule has 6 heteroatoms. The molecular formula is C15H22BrClN2O2. The third kappa shape index (κ3) is 4.87. The van der Waals surface area contributed by atoms with Crippen molar-refractivity contribution >= 4 is 34.2 Å². The van der Waals surface area contributed by atoms with Crippen molar-refractivity contribution in [2.45, 2.75) is 25.3 Å². The zero-order valence-electron chi connectivity index (χ0n) is 12.4. The number of piperidine rings is 1.